The third kappa shape index (κ3) is 5.37. The van der Waals surface area contributed by atoms with Crippen molar-refractivity contribution in [3.63, 3.8) is 0 Å². The third-order valence-electron chi connectivity index (χ3n) is 4.14. The Balaban J connectivity index is 0.00000144. The molecule has 0 radical (unpaired) electrons. The highest BCUT2D eigenvalue weighted by molar-refractivity contribution is 5.85. The molecule has 1 atom stereocenters. The van der Waals surface area contributed by atoms with E-state index in [-0.39, 0.29) is 30.9 Å². The summed E-state index contributed by atoms with van der Waals surface area (Å²) in [6.07, 6.45) is -2.72. The first-order chi connectivity index (χ1) is 10.4. The summed E-state index contributed by atoms with van der Waals surface area (Å²) >= 11 is 0. The van der Waals surface area contributed by atoms with Crippen LogP contribution in [0.25, 0.3) is 0 Å². The van der Waals surface area contributed by atoms with Crippen LogP contribution in [0.3, 0.4) is 0 Å². The average molecular weight is 391 g/mol. The van der Waals surface area contributed by atoms with Crippen molar-refractivity contribution in [3.05, 3.63) is 29.6 Å². The number of hydrogen-bond acceptors (Lipinski definition) is 3. The molecule has 1 aliphatic heterocycles. The molecule has 1 N–H and O–H groups in total. The van der Waals surface area contributed by atoms with Gasteiger partial charge in [0, 0.05) is 32.2 Å². The molecule has 0 bridgehead atoms. The fourth-order valence-electron chi connectivity index (χ4n) is 3.06. The van der Waals surface area contributed by atoms with Gasteiger partial charge in [0.25, 0.3) is 0 Å². The summed E-state index contributed by atoms with van der Waals surface area (Å²) in [7, 11) is 0. The second kappa shape index (κ2) is 8.56. The summed E-state index contributed by atoms with van der Waals surface area (Å²) in [5.74, 6) is -1.27. The standard InChI is InChI=1S/C15H18F4N2O.2ClH/c16-12-9-11(3-4-13(12)22-15(17,18)19)14(10-1-2-10)21-7-5-20-6-8-21;;/h3-4,9-10,14,20H,1-2,5-8H2;2*1H/t14-;;/m0../s1. The van der Waals surface area contributed by atoms with Crippen molar-refractivity contribution in [2.45, 2.75) is 25.2 Å². The molecule has 0 spiro atoms. The number of piperazine rings is 1. The maximum Gasteiger partial charge on any atom is 0.573 e. The maximum absolute atomic E-state index is 13.9. The van der Waals surface area contributed by atoms with E-state index < -0.39 is 17.9 Å². The predicted molar refractivity (Wildman–Crippen MR) is 87.5 cm³/mol. The highest BCUT2D eigenvalue weighted by atomic mass is 35.5. The van der Waals surface area contributed by atoms with E-state index >= 15 is 0 Å². The van der Waals surface area contributed by atoms with E-state index in [1.807, 2.05) is 0 Å². The zero-order valence-electron chi connectivity index (χ0n) is 12.8. The second-order valence-corrected chi connectivity index (χ2v) is 5.81. The van der Waals surface area contributed by atoms with Gasteiger partial charge in [-0.1, -0.05) is 6.07 Å². The average Bonchev–Trinajstić information content (AvgIpc) is 3.27. The Bertz CT molecular complexity index is 535. The quantitative estimate of drug-likeness (QED) is 0.788. The lowest BCUT2D eigenvalue weighted by atomic mass is 9.99. The summed E-state index contributed by atoms with van der Waals surface area (Å²) in [6, 6.07) is 3.90. The minimum atomic E-state index is -4.88. The van der Waals surface area contributed by atoms with Crippen molar-refractivity contribution < 1.29 is 22.3 Å². The molecule has 3 nitrogen and oxygen atoms in total. The largest absolute Gasteiger partial charge is 0.573 e. The fraction of sp³-hybridized carbons (Fsp3) is 0.600. The molecule has 9 heteroatoms. The van der Waals surface area contributed by atoms with Crippen molar-refractivity contribution >= 4 is 24.8 Å². The maximum atomic E-state index is 13.9. The second-order valence-electron chi connectivity index (χ2n) is 5.81. The summed E-state index contributed by atoms with van der Waals surface area (Å²) < 4.78 is 54.2. The lowest BCUT2D eigenvalue weighted by Crippen LogP contribution is -2.45. The smallest absolute Gasteiger partial charge is 0.403 e. The van der Waals surface area contributed by atoms with E-state index in [9.17, 15) is 17.6 Å². The van der Waals surface area contributed by atoms with Crippen molar-refractivity contribution in [2.24, 2.45) is 5.92 Å². The van der Waals surface area contributed by atoms with Gasteiger partial charge in [-0.3, -0.25) is 4.90 Å². The van der Waals surface area contributed by atoms with E-state index in [1.54, 1.807) is 6.07 Å². The van der Waals surface area contributed by atoms with Gasteiger partial charge in [-0.15, -0.1) is 38.0 Å². The molecule has 1 heterocycles. The molecule has 2 aliphatic rings. The number of halogens is 6. The normalized spacial score (nSPS) is 19.8. The van der Waals surface area contributed by atoms with Gasteiger partial charge in [-0.05, 0) is 36.5 Å². The molecule has 138 valence electrons. The monoisotopic (exact) mass is 390 g/mol. The van der Waals surface area contributed by atoms with Gasteiger partial charge in [-0.2, -0.15) is 0 Å². The van der Waals surface area contributed by atoms with Crippen molar-refractivity contribution in [2.75, 3.05) is 26.2 Å². The van der Waals surface area contributed by atoms with Crippen LogP contribution in [0.15, 0.2) is 18.2 Å². The van der Waals surface area contributed by atoms with Crippen LogP contribution in [0.5, 0.6) is 5.75 Å². The van der Waals surface area contributed by atoms with Crippen LogP contribution in [0.2, 0.25) is 0 Å². The summed E-state index contributed by atoms with van der Waals surface area (Å²) in [5.41, 5.74) is 0.733. The minimum Gasteiger partial charge on any atom is -0.403 e. The van der Waals surface area contributed by atoms with Crippen LogP contribution >= 0.6 is 24.8 Å². The third-order valence-corrected chi connectivity index (χ3v) is 4.14. The van der Waals surface area contributed by atoms with Crippen LogP contribution in [-0.2, 0) is 0 Å². The van der Waals surface area contributed by atoms with Gasteiger partial charge in [0.2, 0.25) is 0 Å². The van der Waals surface area contributed by atoms with Gasteiger partial charge in [0.15, 0.2) is 11.6 Å². The van der Waals surface area contributed by atoms with E-state index in [0.717, 1.165) is 50.7 Å². The molecule has 1 saturated heterocycles. The molecule has 24 heavy (non-hydrogen) atoms. The predicted octanol–water partition coefficient (Wildman–Crippen LogP) is 3.92. The number of hydrogen-bond donors (Lipinski definition) is 1. The van der Waals surface area contributed by atoms with Crippen LogP contribution in [0.1, 0.15) is 24.4 Å². The van der Waals surface area contributed by atoms with Crippen LogP contribution in [0, 0.1) is 11.7 Å². The van der Waals surface area contributed by atoms with Crippen LogP contribution in [0.4, 0.5) is 17.6 Å². The highest BCUT2D eigenvalue weighted by Gasteiger charge is 2.37. The van der Waals surface area contributed by atoms with E-state index in [0.29, 0.717) is 5.92 Å². The molecule has 1 aliphatic carbocycles. The summed E-state index contributed by atoms with van der Waals surface area (Å²) in [6.45, 7) is 3.48. The number of benzene rings is 1. The highest BCUT2D eigenvalue weighted by Crippen LogP contribution is 2.45. The molecule has 0 unspecified atom stereocenters. The molecule has 3 rings (SSSR count). The molecule has 2 fully saturated rings. The number of nitrogens with one attached hydrogen (secondary N) is 1. The molecule has 1 aromatic carbocycles. The van der Waals surface area contributed by atoms with E-state index in [4.69, 9.17) is 0 Å². The lowest BCUT2D eigenvalue weighted by Gasteiger charge is -2.35. The number of ether oxygens (including phenoxy) is 1. The number of alkyl halides is 3. The summed E-state index contributed by atoms with van der Waals surface area (Å²) in [5, 5.41) is 3.27. The van der Waals surface area contributed by atoms with E-state index in [2.05, 4.69) is 15.0 Å². The lowest BCUT2D eigenvalue weighted by molar-refractivity contribution is -0.275. The Morgan fingerprint density at radius 2 is 1.75 bits per heavy atom. The number of rotatable bonds is 4. The molecular formula is C15H20Cl2F4N2O. The Labute approximate surface area is 150 Å². The zero-order valence-corrected chi connectivity index (χ0v) is 14.4. The molecule has 1 saturated carbocycles. The van der Waals surface area contributed by atoms with Crippen LogP contribution in [-0.4, -0.2) is 37.4 Å². The van der Waals surface area contributed by atoms with Gasteiger partial charge in [0.05, 0.1) is 0 Å². The van der Waals surface area contributed by atoms with Gasteiger partial charge in [0.1, 0.15) is 0 Å². The molecule has 0 amide bonds. The van der Waals surface area contributed by atoms with Crippen molar-refractivity contribution in [1.29, 1.82) is 0 Å². The van der Waals surface area contributed by atoms with Crippen molar-refractivity contribution in [1.82, 2.24) is 10.2 Å². The van der Waals surface area contributed by atoms with Gasteiger partial charge < -0.3 is 10.1 Å². The summed E-state index contributed by atoms with van der Waals surface area (Å²) in [4.78, 5) is 2.28. The zero-order chi connectivity index (χ0) is 15.7. The Morgan fingerprint density at radius 3 is 2.25 bits per heavy atom. The fourth-order valence-corrected chi connectivity index (χ4v) is 3.06. The Kier molecular flexibility index (Phi) is 7.59. The molecule has 0 aromatic heterocycles. The SMILES string of the molecule is Cl.Cl.Fc1cc([C@H](C2CC2)N2CCNCC2)ccc1OC(F)(F)F. The first kappa shape index (κ1) is 21.3. The van der Waals surface area contributed by atoms with Crippen molar-refractivity contribution in [3.8, 4) is 5.75 Å². The molecule has 1 aromatic rings. The number of nitrogens with zero attached hydrogens (tertiary/aromatic N) is 1. The first-order valence-corrected chi connectivity index (χ1v) is 7.44. The Morgan fingerprint density at radius 1 is 1.12 bits per heavy atom. The minimum absolute atomic E-state index is 0. The van der Waals surface area contributed by atoms with E-state index in [1.165, 1.54) is 6.07 Å². The van der Waals surface area contributed by atoms with Gasteiger partial charge >= 0.3 is 6.36 Å². The van der Waals surface area contributed by atoms with Crippen LogP contribution < -0.4 is 10.1 Å². The first-order valence-electron chi connectivity index (χ1n) is 7.44. The Hall–Kier alpha value is -0.760. The van der Waals surface area contributed by atoms with Gasteiger partial charge in [-0.25, -0.2) is 4.39 Å². The topological polar surface area (TPSA) is 24.5 Å². The molecular weight excluding hydrogens is 371 g/mol.